The Morgan fingerprint density at radius 2 is 1.89 bits per heavy atom. The molecule has 1 aromatic heterocycles. The topological polar surface area (TPSA) is 12.0 Å². The largest absolute Gasteiger partial charge is 0.312 e. The van der Waals surface area contributed by atoms with E-state index in [1.54, 1.807) is 0 Å². The summed E-state index contributed by atoms with van der Waals surface area (Å²) in [6.45, 7) is 6.50. The SMILES string of the molecule is CNC(Cc1cc(C)ccc1C)c1cc(C)c(Br)s1. The van der Waals surface area contributed by atoms with Crippen LogP contribution in [0.1, 0.15) is 33.2 Å². The molecule has 3 heteroatoms. The molecule has 0 aliphatic rings. The van der Waals surface area contributed by atoms with E-state index in [2.05, 4.69) is 66.3 Å². The zero-order valence-electron chi connectivity index (χ0n) is 11.9. The van der Waals surface area contributed by atoms with Gasteiger partial charge in [0, 0.05) is 10.9 Å². The van der Waals surface area contributed by atoms with Crippen molar-refractivity contribution in [3.8, 4) is 0 Å². The van der Waals surface area contributed by atoms with Crippen molar-refractivity contribution in [3.63, 3.8) is 0 Å². The molecule has 1 unspecified atom stereocenters. The van der Waals surface area contributed by atoms with E-state index in [0.29, 0.717) is 6.04 Å². The molecule has 2 rings (SSSR count). The van der Waals surface area contributed by atoms with Crippen LogP contribution in [0.15, 0.2) is 28.1 Å². The second kappa shape index (κ2) is 6.21. The first-order valence-corrected chi connectivity index (χ1v) is 8.11. The summed E-state index contributed by atoms with van der Waals surface area (Å²) in [5.41, 5.74) is 5.46. The molecule has 0 aliphatic heterocycles. The minimum Gasteiger partial charge on any atom is -0.312 e. The molecule has 1 N–H and O–H groups in total. The van der Waals surface area contributed by atoms with E-state index in [9.17, 15) is 0 Å². The van der Waals surface area contributed by atoms with Crippen LogP contribution in [0.4, 0.5) is 0 Å². The number of nitrogens with one attached hydrogen (secondary N) is 1. The minimum atomic E-state index is 0.385. The molecule has 0 fully saturated rings. The van der Waals surface area contributed by atoms with Crippen LogP contribution in [-0.4, -0.2) is 7.05 Å². The maximum absolute atomic E-state index is 3.62. The van der Waals surface area contributed by atoms with Crippen molar-refractivity contribution in [1.29, 1.82) is 0 Å². The molecular weight excluding hydrogens is 318 g/mol. The second-order valence-corrected chi connectivity index (χ2v) is 7.48. The highest BCUT2D eigenvalue weighted by molar-refractivity contribution is 9.11. The highest BCUT2D eigenvalue weighted by atomic mass is 79.9. The number of halogens is 1. The molecule has 0 aliphatic carbocycles. The number of aryl methyl sites for hydroxylation is 3. The normalized spacial score (nSPS) is 12.7. The zero-order chi connectivity index (χ0) is 14.0. The lowest BCUT2D eigenvalue weighted by molar-refractivity contribution is 0.600. The fraction of sp³-hybridized carbons (Fsp3) is 0.375. The van der Waals surface area contributed by atoms with E-state index in [1.807, 2.05) is 18.4 Å². The summed E-state index contributed by atoms with van der Waals surface area (Å²) in [7, 11) is 2.04. The van der Waals surface area contributed by atoms with Crippen LogP contribution in [0, 0.1) is 20.8 Å². The maximum atomic E-state index is 3.62. The number of rotatable bonds is 4. The van der Waals surface area contributed by atoms with Gasteiger partial charge in [-0.05, 0) is 72.9 Å². The Morgan fingerprint density at radius 1 is 1.16 bits per heavy atom. The van der Waals surface area contributed by atoms with E-state index in [1.165, 1.54) is 30.9 Å². The Bertz CT molecular complexity index is 555. The lowest BCUT2D eigenvalue weighted by atomic mass is 9.98. The predicted octanol–water partition coefficient (Wildman–Crippen LogP) is 4.94. The van der Waals surface area contributed by atoms with Gasteiger partial charge in [-0.3, -0.25) is 0 Å². The number of benzene rings is 1. The number of thiophene rings is 1. The second-order valence-electron chi connectivity index (χ2n) is 5.08. The van der Waals surface area contributed by atoms with E-state index < -0.39 is 0 Å². The summed E-state index contributed by atoms with van der Waals surface area (Å²) in [4.78, 5) is 1.40. The Labute approximate surface area is 128 Å². The maximum Gasteiger partial charge on any atom is 0.0731 e. The Hall–Kier alpha value is -0.640. The first kappa shape index (κ1) is 14.8. The fourth-order valence-corrected chi connectivity index (χ4v) is 3.92. The van der Waals surface area contributed by atoms with E-state index in [-0.39, 0.29) is 0 Å². The van der Waals surface area contributed by atoms with E-state index in [0.717, 1.165) is 6.42 Å². The molecule has 0 radical (unpaired) electrons. The van der Waals surface area contributed by atoms with Gasteiger partial charge in [-0.25, -0.2) is 0 Å². The Kier molecular flexibility index (Phi) is 4.82. The van der Waals surface area contributed by atoms with Crippen molar-refractivity contribution in [2.45, 2.75) is 33.2 Å². The molecule has 0 spiro atoms. The van der Waals surface area contributed by atoms with Crippen molar-refractivity contribution in [2.75, 3.05) is 7.05 Å². The lowest BCUT2D eigenvalue weighted by Crippen LogP contribution is -2.18. The average Bonchev–Trinajstić information content (AvgIpc) is 2.70. The van der Waals surface area contributed by atoms with E-state index >= 15 is 0 Å². The fourth-order valence-electron chi connectivity index (χ4n) is 2.24. The third kappa shape index (κ3) is 3.47. The van der Waals surface area contributed by atoms with Crippen molar-refractivity contribution < 1.29 is 0 Å². The van der Waals surface area contributed by atoms with E-state index in [4.69, 9.17) is 0 Å². The first-order valence-electron chi connectivity index (χ1n) is 6.50. The van der Waals surface area contributed by atoms with Crippen molar-refractivity contribution in [1.82, 2.24) is 5.32 Å². The van der Waals surface area contributed by atoms with Crippen LogP contribution < -0.4 is 5.32 Å². The van der Waals surface area contributed by atoms with Crippen LogP contribution in [0.25, 0.3) is 0 Å². The molecule has 1 nitrogen and oxygen atoms in total. The van der Waals surface area contributed by atoms with Gasteiger partial charge < -0.3 is 5.32 Å². The van der Waals surface area contributed by atoms with Crippen molar-refractivity contribution >= 4 is 27.3 Å². The molecular formula is C16H20BrNS. The van der Waals surface area contributed by atoms with Gasteiger partial charge in [0.25, 0.3) is 0 Å². The van der Waals surface area contributed by atoms with Crippen molar-refractivity contribution in [2.24, 2.45) is 0 Å². The Morgan fingerprint density at radius 3 is 2.47 bits per heavy atom. The smallest absolute Gasteiger partial charge is 0.0731 e. The standard InChI is InChI=1S/C16H20BrNS/c1-10-5-6-11(2)13(7-10)9-14(18-4)15-8-12(3)16(17)19-15/h5-8,14,18H,9H2,1-4H3. The molecule has 19 heavy (non-hydrogen) atoms. The van der Waals surface area contributed by atoms with Crippen LogP contribution >= 0.6 is 27.3 Å². The van der Waals surface area contributed by atoms with Gasteiger partial charge in [-0.15, -0.1) is 11.3 Å². The summed E-state index contributed by atoms with van der Waals surface area (Å²) in [5, 5.41) is 3.44. The number of hydrogen-bond donors (Lipinski definition) is 1. The monoisotopic (exact) mass is 337 g/mol. The number of likely N-dealkylation sites (N-methyl/N-ethyl adjacent to an activating group) is 1. The molecule has 1 atom stereocenters. The molecule has 102 valence electrons. The summed E-state index contributed by atoms with van der Waals surface area (Å²) in [6, 6.07) is 9.36. The van der Waals surface area contributed by atoms with Crippen LogP contribution in [0.3, 0.4) is 0 Å². The first-order chi connectivity index (χ1) is 9.01. The summed E-state index contributed by atoms with van der Waals surface area (Å²) < 4.78 is 1.24. The lowest BCUT2D eigenvalue weighted by Gasteiger charge is -2.16. The molecule has 0 amide bonds. The van der Waals surface area contributed by atoms with Gasteiger partial charge in [0.15, 0.2) is 0 Å². The van der Waals surface area contributed by atoms with Gasteiger partial charge >= 0.3 is 0 Å². The third-order valence-electron chi connectivity index (χ3n) is 3.50. The van der Waals surface area contributed by atoms with Crippen molar-refractivity contribution in [3.05, 3.63) is 55.2 Å². The molecule has 0 bridgehead atoms. The molecule has 2 aromatic rings. The van der Waals surface area contributed by atoms with Crippen LogP contribution in [0.2, 0.25) is 0 Å². The van der Waals surface area contributed by atoms with Gasteiger partial charge in [-0.2, -0.15) is 0 Å². The molecule has 1 heterocycles. The van der Waals surface area contributed by atoms with Gasteiger partial charge in [-0.1, -0.05) is 23.8 Å². The molecule has 0 saturated heterocycles. The molecule has 1 aromatic carbocycles. The van der Waals surface area contributed by atoms with Gasteiger partial charge in [0.05, 0.1) is 3.79 Å². The summed E-state index contributed by atoms with van der Waals surface area (Å²) >= 11 is 5.45. The summed E-state index contributed by atoms with van der Waals surface area (Å²) in [5.74, 6) is 0. The van der Waals surface area contributed by atoms with Crippen LogP contribution in [0.5, 0.6) is 0 Å². The average molecular weight is 338 g/mol. The van der Waals surface area contributed by atoms with Crippen LogP contribution in [-0.2, 0) is 6.42 Å². The summed E-state index contributed by atoms with van der Waals surface area (Å²) in [6.07, 6.45) is 1.04. The van der Waals surface area contributed by atoms with Gasteiger partial charge in [0.1, 0.15) is 0 Å². The third-order valence-corrected chi connectivity index (χ3v) is 5.75. The van der Waals surface area contributed by atoms with Gasteiger partial charge in [0.2, 0.25) is 0 Å². The Balaban J connectivity index is 2.26. The minimum absolute atomic E-state index is 0.385. The molecule has 0 saturated carbocycles. The predicted molar refractivity (Wildman–Crippen MR) is 88.2 cm³/mol. The quantitative estimate of drug-likeness (QED) is 0.833. The highest BCUT2D eigenvalue weighted by Gasteiger charge is 2.15. The number of hydrogen-bond acceptors (Lipinski definition) is 2. The zero-order valence-corrected chi connectivity index (χ0v) is 14.3. The highest BCUT2D eigenvalue weighted by Crippen LogP contribution is 2.33.